The van der Waals surface area contributed by atoms with E-state index in [1.54, 1.807) is 12.1 Å². The molecule has 1 saturated carbocycles. The average Bonchev–Trinajstić information content (AvgIpc) is 2.80. The van der Waals surface area contributed by atoms with Gasteiger partial charge in [-0.15, -0.1) is 0 Å². The van der Waals surface area contributed by atoms with Crippen LogP contribution in [-0.2, 0) is 0 Å². The molecule has 92 valence electrons. The van der Waals surface area contributed by atoms with Crippen molar-refractivity contribution in [2.24, 2.45) is 5.92 Å². The van der Waals surface area contributed by atoms with E-state index in [1.165, 1.54) is 31.7 Å². The Hall–Kier alpha value is -1.71. The molecule has 0 heterocycles. The minimum absolute atomic E-state index is 0.230. The summed E-state index contributed by atoms with van der Waals surface area (Å²) in [5, 5.41) is 12.1. The molecular weight excluding hydrogens is 216 g/mol. The minimum atomic E-state index is -0.945. The number of carbonyl (C=O) groups is 1. The summed E-state index contributed by atoms with van der Waals surface area (Å²) in [5.41, 5.74) is 7.39. The Morgan fingerprint density at radius 1 is 1.41 bits per heavy atom. The van der Waals surface area contributed by atoms with E-state index in [0.29, 0.717) is 5.69 Å². The van der Waals surface area contributed by atoms with Gasteiger partial charge in [0.15, 0.2) is 0 Å². The Morgan fingerprint density at radius 2 is 2.12 bits per heavy atom. The zero-order valence-corrected chi connectivity index (χ0v) is 9.78. The molecule has 0 bridgehead atoms. The van der Waals surface area contributed by atoms with E-state index in [0.717, 1.165) is 18.2 Å². The van der Waals surface area contributed by atoms with E-state index in [9.17, 15) is 4.79 Å². The first-order chi connectivity index (χ1) is 8.16. The number of hydrogen-bond donors (Lipinski definition) is 3. The number of hydrogen-bond acceptors (Lipinski definition) is 3. The second kappa shape index (κ2) is 5.08. The Labute approximate surface area is 101 Å². The number of benzene rings is 1. The molecule has 1 aliphatic carbocycles. The van der Waals surface area contributed by atoms with Crippen molar-refractivity contribution in [3.05, 3.63) is 23.8 Å². The fraction of sp³-hybridized carbons (Fsp3) is 0.462. The fourth-order valence-electron chi connectivity index (χ4n) is 2.33. The van der Waals surface area contributed by atoms with Crippen LogP contribution in [0.5, 0.6) is 0 Å². The summed E-state index contributed by atoms with van der Waals surface area (Å²) in [6.45, 7) is 0.927. The lowest BCUT2D eigenvalue weighted by Gasteiger charge is -2.13. The zero-order chi connectivity index (χ0) is 12.3. The molecule has 2 rings (SSSR count). The summed E-state index contributed by atoms with van der Waals surface area (Å²) in [6, 6.07) is 4.82. The predicted octanol–water partition coefficient (Wildman–Crippen LogP) is 2.57. The summed E-state index contributed by atoms with van der Waals surface area (Å²) < 4.78 is 0. The first kappa shape index (κ1) is 11.8. The van der Waals surface area contributed by atoms with Crippen LogP contribution in [-0.4, -0.2) is 17.6 Å². The van der Waals surface area contributed by atoms with Gasteiger partial charge in [-0.05, 0) is 37.0 Å². The third-order valence-electron chi connectivity index (χ3n) is 3.35. The van der Waals surface area contributed by atoms with Crippen molar-refractivity contribution in [3.8, 4) is 0 Å². The summed E-state index contributed by atoms with van der Waals surface area (Å²) in [4.78, 5) is 10.8. The molecule has 1 fully saturated rings. The van der Waals surface area contributed by atoms with E-state index in [2.05, 4.69) is 5.32 Å². The second-order valence-electron chi connectivity index (χ2n) is 4.64. The van der Waals surface area contributed by atoms with Gasteiger partial charge in [-0.2, -0.15) is 0 Å². The number of carboxylic acid groups (broad SMARTS) is 1. The minimum Gasteiger partial charge on any atom is -0.478 e. The smallest absolute Gasteiger partial charge is 0.335 e. The Morgan fingerprint density at radius 3 is 2.71 bits per heavy atom. The van der Waals surface area contributed by atoms with Crippen molar-refractivity contribution in [3.63, 3.8) is 0 Å². The number of nitrogens with two attached hydrogens (primary N) is 1. The zero-order valence-electron chi connectivity index (χ0n) is 9.78. The molecule has 0 atom stereocenters. The quantitative estimate of drug-likeness (QED) is 0.700. The highest BCUT2D eigenvalue weighted by molar-refractivity contribution is 5.90. The molecule has 0 aromatic heterocycles. The molecule has 1 aliphatic rings. The Balaban J connectivity index is 1.98. The van der Waals surface area contributed by atoms with Crippen molar-refractivity contribution >= 4 is 17.3 Å². The Bertz CT molecular complexity index is 412. The van der Waals surface area contributed by atoms with Gasteiger partial charge in [-0.3, -0.25) is 0 Å². The molecule has 0 spiro atoms. The van der Waals surface area contributed by atoms with Crippen LogP contribution in [0.4, 0.5) is 11.4 Å². The topological polar surface area (TPSA) is 75.4 Å². The predicted molar refractivity (Wildman–Crippen MR) is 68.3 cm³/mol. The van der Waals surface area contributed by atoms with Crippen LogP contribution in [0.1, 0.15) is 36.0 Å². The maximum absolute atomic E-state index is 10.8. The summed E-state index contributed by atoms with van der Waals surface area (Å²) in [5.74, 6) is -0.215. The molecule has 1 aromatic rings. The molecule has 4 nitrogen and oxygen atoms in total. The number of carboxylic acids is 1. The molecular formula is C13H18N2O2. The molecule has 0 aliphatic heterocycles. The monoisotopic (exact) mass is 234 g/mol. The Kier molecular flexibility index (Phi) is 3.52. The van der Waals surface area contributed by atoms with Gasteiger partial charge in [0.25, 0.3) is 0 Å². The first-order valence-electron chi connectivity index (χ1n) is 6.03. The van der Waals surface area contributed by atoms with Gasteiger partial charge in [0.2, 0.25) is 0 Å². The van der Waals surface area contributed by atoms with E-state index in [-0.39, 0.29) is 5.56 Å². The highest BCUT2D eigenvalue weighted by Crippen LogP contribution is 2.26. The van der Waals surface area contributed by atoms with E-state index < -0.39 is 5.97 Å². The average molecular weight is 234 g/mol. The van der Waals surface area contributed by atoms with Gasteiger partial charge in [0.1, 0.15) is 0 Å². The van der Waals surface area contributed by atoms with Crippen LogP contribution >= 0.6 is 0 Å². The highest BCUT2D eigenvalue weighted by atomic mass is 16.4. The molecule has 17 heavy (non-hydrogen) atoms. The van der Waals surface area contributed by atoms with Crippen LogP contribution in [0.2, 0.25) is 0 Å². The maximum atomic E-state index is 10.8. The summed E-state index contributed by atoms with van der Waals surface area (Å²) in [7, 11) is 0. The fourth-order valence-corrected chi connectivity index (χ4v) is 2.33. The molecule has 0 amide bonds. The number of nitrogens with one attached hydrogen (secondary N) is 1. The van der Waals surface area contributed by atoms with Crippen molar-refractivity contribution in [1.29, 1.82) is 0 Å². The maximum Gasteiger partial charge on any atom is 0.335 e. The molecule has 0 radical (unpaired) electrons. The number of nitrogen functional groups attached to an aromatic ring is 1. The molecule has 4 heteroatoms. The number of anilines is 2. The van der Waals surface area contributed by atoms with Gasteiger partial charge in [-0.25, -0.2) is 4.79 Å². The number of aromatic carboxylic acids is 1. The van der Waals surface area contributed by atoms with Gasteiger partial charge >= 0.3 is 5.97 Å². The molecule has 1 aromatic carbocycles. The van der Waals surface area contributed by atoms with Crippen molar-refractivity contribution in [1.82, 2.24) is 0 Å². The number of rotatable bonds is 4. The van der Waals surface area contributed by atoms with E-state index >= 15 is 0 Å². The van der Waals surface area contributed by atoms with Crippen LogP contribution in [0, 0.1) is 5.92 Å². The lowest BCUT2D eigenvalue weighted by Crippen LogP contribution is -2.12. The second-order valence-corrected chi connectivity index (χ2v) is 4.64. The highest BCUT2D eigenvalue weighted by Gasteiger charge is 2.15. The van der Waals surface area contributed by atoms with Crippen LogP contribution < -0.4 is 11.1 Å². The lowest BCUT2D eigenvalue weighted by atomic mass is 10.1. The van der Waals surface area contributed by atoms with Gasteiger partial charge in [0, 0.05) is 6.54 Å². The van der Waals surface area contributed by atoms with Crippen molar-refractivity contribution in [2.75, 3.05) is 17.6 Å². The molecule has 0 unspecified atom stereocenters. The molecule has 4 N–H and O–H groups in total. The van der Waals surface area contributed by atoms with Crippen molar-refractivity contribution < 1.29 is 9.90 Å². The largest absolute Gasteiger partial charge is 0.478 e. The third-order valence-corrected chi connectivity index (χ3v) is 3.35. The first-order valence-corrected chi connectivity index (χ1v) is 6.03. The van der Waals surface area contributed by atoms with Crippen LogP contribution in [0.15, 0.2) is 18.2 Å². The lowest BCUT2D eigenvalue weighted by molar-refractivity contribution is 0.0697. The molecule has 0 saturated heterocycles. The standard InChI is InChI=1S/C13H18N2O2/c14-11-7-10(13(16)17)5-6-12(11)15-8-9-3-1-2-4-9/h5-7,9,15H,1-4,8,14H2,(H,16,17). The van der Waals surface area contributed by atoms with Gasteiger partial charge < -0.3 is 16.2 Å². The van der Waals surface area contributed by atoms with E-state index in [1.807, 2.05) is 0 Å². The third kappa shape index (κ3) is 2.90. The van der Waals surface area contributed by atoms with Gasteiger partial charge in [0.05, 0.1) is 16.9 Å². The normalized spacial score (nSPS) is 16.0. The SMILES string of the molecule is Nc1cc(C(=O)O)ccc1NCC1CCCC1. The van der Waals surface area contributed by atoms with Gasteiger partial charge in [-0.1, -0.05) is 12.8 Å². The van der Waals surface area contributed by atoms with Crippen LogP contribution in [0.25, 0.3) is 0 Å². The van der Waals surface area contributed by atoms with Crippen molar-refractivity contribution in [2.45, 2.75) is 25.7 Å². The summed E-state index contributed by atoms with van der Waals surface area (Å²) in [6.07, 6.45) is 5.19. The van der Waals surface area contributed by atoms with Crippen LogP contribution in [0.3, 0.4) is 0 Å². The summed E-state index contributed by atoms with van der Waals surface area (Å²) >= 11 is 0. The van der Waals surface area contributed by atoms with E-state index in [4.69, 9.17) is 10.8 Å².